The first kappa shape index (κ1) is 10.3. The minimum atomic E-state index is 0.379. The van der Waals surface area contributed by atoms with E-state index in [1.165, 1.54) is 17.6 Å². The van der Waals surface area contributed by atoms with E-state index in [4.69, 9.17) is 0 Å². The zero-order valence-electron chi connectivity index (χ0n) is 9.22. The maximum atomic E-state index is 3.81. The zero-order valence-corrected chi connectivity index (χ0v) is 9.22. The Kier molecular flexibility index (Phi) is 2.80. The van der Waals surface area contributed by atoms with Gasteiger partial charge in [-0.15, -0.1) is 0 Å². The van der Waals surface area contributed by atoms with E-state index in [0.29, 0.717) is 11.3 Å². The van der Waals surface area contributed by atoms with Crippen LogP contribution in [-0.4, -0.2) is 0 Å². The molecule has 1 aliphatic carbocycles. The van der Waals surface area contributed by atoms with E-state index in [1.807, 2.05) is 6.08 Å². The van der Waals surface area contributed by atoms with Gasteiger partial charge in [0.15, 0.2) is 0 Å². The van der Waals surface area contributed by atoms with Crippen molar-refractivity contribution in [3.05, 3.63) is 36.0 Å². The molecular weight excluding hydrogens is 156 g/mol. The molecule has 0 N–H and O–H groups in total. The lowest BCUT2D eigenvalue weighted by molar-refractivity contribution is 0.289. The van der Waals surface area contributed by atoms with Crippen molar-refractivity contribution in [2.45, 2.75) is 34.1 Å². The number of allylic oxidation sites excluding steroid dienone is 5. The van der Waals surface area contributed by atoms with Crippen LogP contribution in [0.5, 0.6) is 0 Å². The molecule has 0 aliphatic heterocycles. The first-order valence-corrected chi connectivity index (χ1v) is 4.95. The fourth-order valence-corrected chi connectivity index (χ4v) is 1.71. The molecule has 0 fully saturated rings. The van der Waals surface area contributed by atoms with Crippen LogP contribution in [-0.2, 0) is 0 Å². The molecule has 1 aliphatic rings. The maximum Gasteiger partial charge on any atom is -0.0144 e. The second-order valence-corrected chi connectivity index (χ2v) is 4.98. The summed E-state index contributed by atoms with van der Waals surface area (Å²) < 4.78 is 0. The fraction of sp³-hybridized carbons (Fsp3) is 0.538. The van der Waals surface area contributed by atoms with Gasteiger partial charge in [0.1, 0.15) is 0 Å². The maximum absolute atomic E-state index is 3.81. The summed E-state index contributed by atoms with van der Waals surface area (Å²) in [5.41, 5.74) is 3.16. The van der Waals surface area contributed by atoms with Crippen molar-refractivity contribution >= 4 is 0 Å². The highest BCUT2D eigenvalue weighted by molar-refractivity contribution is 5.37. The molecule has 0 saturated carbocycles. The summed E-state index contributed by atoms with van der Waals surface area (Å²) in [7, 11) is 0. The Morgan fingerprint density at radius 2 is 2.08 bits per heavy atom. The molecule has 0 aromatic carbocycles. The standard InChI is InChI=1S/C13H20/c1-6-11-7-8-12(9-10(11)2)13(3,4)5/h6-8,12H,1,9H2,2-5H3. The van der Waals surface area contributed by atoms with Gasteiger partial charge >= 0.3 is 0 Å². The first-order chi connectivity index (χ1) is 5.95. The van der Waals surface area contributed by atoms with Gasteiger partial charge in [0, 0.05) is 0 Å². The molecule has 0 aromatic heterocycles. The van der Waals surface area contributed by atoms with Gasteiger partial charge in [-0.2, -0.15) is 0 Å². The molecule has 0 radical (unpaired) electrons. The molecule has 0 nitrogen and oxygen atoms in total. The lowest BCUT2D eigenvalue weighted by atomic mass is 9.74. The molecule has 0 aromatic rings. The Balaban J connectivity index is 2.82. The molecule has 0 saturated heterocycles. The summed E-state index contributed by atoms with van der Waals surface area (Å²) in [6.45, 7) is 12.9. The number of hydrogen-bond acceptors (Lipinski definition) is 0. The Bertz CT molecular complexity index is 258. The van der Waals surface area contributed by atoms with Crippen LogP contribution < -0.4 is 0 Å². The van der Waals surface area contributed by atoms with Crippen LogP contribution in [0.4, 0.5) is 0 Å². The molecule has 72 valence electrons. The van der Waals surface area contributed by atoms with Crippen LogP contribution >= 0.6 is 0 Å². The lowest BCUT2D eigenvalue weighted by Crippen LogP contribution is -2.20. The van der Waals surface area contributed by atoms with E-state index >= 15 is 0 Å². The Morgan fingerprint density at radius 3 is 2.46 bits per heavy atom. The van der Waals surface area contributed by atoms with Crippen LogP contribution in [0.2, 0.25) is 0 Å². The molecule has 1 rings (SSSR count). The van der Waals surface area contributed by atoms with Crippen molar-refractivity contribution in [2.75, 3.05) is 0 Å². The van der Waals surface area contributed by atoms with Crippen molar-refractivity contribution in [1.82, 2.24) is 0 Å². The van der Waals surface area contributed by atoms with Crippen molar-refractivity contribution in [1.29, 1.82) is 0 Å². The minimum Gasteiger partial charge on any atom is -0.0985 e. The first-order valence-electron chi connectivity index (χ1n) is 4.95. The summed E-state index contributed by atoms with van der Waals surface area (Å²) in [6.07, 6.45) is 7.66. The van der Waals surface area contributed by atoms with Crippen molar-refractivity contribution < 1.29 is 0 Å². The van der Waals surface area contributed by atoms with E-state index in [9.17, 15) is 0 Å². The molecule has 0 heteroatoms. The zero-order chi connectivity index (χ0) is 10.1. The van der Waals surface area contributed by atoms with Crippen molar-refractivity contribution in [3.8, 4) is 0 Å². The Hall–Kier alpha value is -0.780. The second kappa shape index (κ2) is 3.53. The van der Waals surface area contributed by atoms with Gasteiger partial charge in [-0.25, -0.2) is 0 Å². The van der Waals surface area contributed by atoms with Crippen LogP contribution in [0, 0.1) is 11.3 Å². The summed E-state index contributed by atoms with van der Waals surface area (Å²) in [4.78, 5) is 0. The molecule has 0 bridgehead atoms. The molecular formula is C13H20. The summed E-state index contributed by atoms with van der Waals surface area (Å²) in [6, 6.07) is 0. The molecule has 0 heterocycles. The normalized spacial score (nSPS) is 23.5. The molecule has 1 atom stereocenters. The highest BCUT2D eigenvalue weighted by Gasteiger charge is 2.24. The van der Waals surface area contributed by atoms with E-state index in [2.05, 4.69) is 46.4 Å². The second-order valence-electron chi connectivity index (χ2n) is 4.98. The number of rotatable bonds is 1. The minimum absolute atomic E-state index is 0.379. The van der Waals surface area contributed by atoms with Gasteiger partial charge in [-0.1, -0.05) is 51.2 Å². The molecule has 1 unspecified atom stereocenters. The predicted octanol–water partition coefficient (Wildman–Crippen LogP) is 4.11. The quantitative estimate of drug-likeness (QED) is 0.564. The monoisotopic (exact) mass is 176 g/mol. The lowest BCUT2D eigenvalue weighted by Gasteiger charge is -2.31. The summed E-state index contributed by atoms with van der Waals surface area (Å²) in [5, 5.41) is 0. The van der Waals surface area contributed by atoms with Gasteiger partial charge < -0.3 is 0 Å². The topological polar surface area (TPSA) is 0 Å². The van der Waals surface area contributed by atoms with Gasteiger partial charge in [-0.05, 0) is 30.3 Å². The molecule has 13 heavy (non-hydrogen) atoms. The predicted molar refractivity (Wildman–Crippen MR) is 59.6 cm³/mol. The van der Waals surface area contributed by atoms with E-state index in [1.54, 1.807) is 0 Å². The SMILES string of the molecule is C=CC1=C(C)CC(C(C)(C)C)C=C1. The van der Waals surface area contributed by atoms with Gasteiger partial charge in [-0.3, -0.25) is 0 Å². The average Bonchev–Trinajstić information content (AvgIpc) is 2.02. The Morgan fingerprint density at radius 1 is 1.46 bits per heavy atom. The van der Waals surface area contributed by atoms with Gasteiger partial charge in [0.25, 0.3) is 0 Å². The smallest absolute Gasteiger partial charge is 0.0144 e. The summed E-state index contributed by atoms with van der Waals surface area (Å²) >= 11 is 0. The van der Waals surface area contributed by atoms with Gasteiger partial charge in [0.05, 0.1) is 0 Å². The highest BCUT2D eigenvalue weighted by Crippen LogP contribution is 2.36. The van der Waals surface area contributed by atoms with Crippen LogP contribution in [0.25, 0.3) is 0 Å². The van der Waals surface area contributed by atoms with Crippen molar-refractivity contribution in [3.63, 3.8) is 0 Å². The molecule has 0 amide bonds. The number of hydrogen-bond donors (Lipinski definition) is 0. The third-order valence-corrected chi connectivity index (χ3v) is 2.86. The Labute approximate surface area is 82.0 Å². The highest BCUT2D eigenvalue weighted by atomic mass is 14.3. The van der Waals surface area contributed by atoms with E-state index < -0.39 is 0 Å². The third-order valence-electron chi connectivity index (χ3n) is 2.86. The summed E-state index contributed by atoms with van der Waals surface area (Å²) in [5.74, 6) is 0.677. The van der Waals surface area contributed by atoms with Gasteiger partial charge in [0.2, 0.25) is 0 Å². The van der Waals surface area contributed by atoms with E-state index in [0.717, 1.165) is 0 Å². The van der Waals surface area contributed by atoms with E-state index in [-0.39, 0.29) is 0 Å². The van der Waals surface area contributed by atoms with Crippen LogP contribution in [0.15, 0.2) is 36.0 Å². The van der Waals surface area contributed by atoms with Crippen LogP contribution in [0.1, 0.15) is 34.1 Å². The van der Waals surface area contributed by atoms with Crippen LogP contribution in [0.3, 0.4) is 0 Å². The average molecular weight is 176 g/mol. The fourth-order valence-electron chi connectivity index (χ4n) is 1.71. The largest absolute Gasteiger partial charge is 0.0985 e. The van der Waals surface area contributed by atoms with Crippen molar-refractivity contribution in [2.24, 2.45) is 11.3 Å². The third kappa shape index (κ3) is 2.33. The molecule has 0 spiro atoms.